The van der Waals surface area contributed by atoms with Crippen molar-refractivity contribution in [1.29, 1.82) is 0 Å². The third-order valence-electron chi connectivity index (χ3n) is 3.22. The number of aliphatic hydroxyl groups is 1. The summed E-state index contributed by atoms with van der Waals surface area (Å²) in [5.41, 5.74) is 3.32. The summed E-state index contributed by atoms with van der Waals surface area (Å²) in [5, 5.41) is 13.0. The first kappa shape index (κ1) is 14.7. The van der Waals surface area contributed by atoms with Crippen molar-refractivity contribution in [3.63, 3.8) is 0 Å². The molecule has 0 fully saturated rings. The highest BCUT2D eigenvalue weighted by Crippen LogP contribution is 2.17. The van der Waals surface area contributed by atoms with E-state index < -0.39 is 0 Å². The van der Waals surface area contributed by atoms with Crippen LogP contribution in [0.15, 0.2) is 48.7 Å². The van der Waals surface area contributed by atoms with Crippen LogP contribution in [-0.4, -0.2) is 22.7 Å². The summed E-state index contributed by atoms with van der Waals surface area (Å²) in [6, 6.07) is 14.3. The summed E-state index contributed by atoms with van der Waals surface area (Å²) in [5.74, 6) is 0. The number of aromatic nitrogens is 1. The lowest BCUT2D eigenvalue weighted by atomic mass is 10.1. The van der Waals surface area contributed by atoms with Gasteiger partial charge in [-0.1, -0.05) is 37.6 Å². The second-order valence-corrected chi connectivity index (χ2v) is 4.99. The van der Waals surface area contributed by atoms with Crippen LogP contribution in [0, 0.1) is 0 Å². The van der Waals surface area contributed by atoms with Crippen LogP contribution in [0.2, 0.25) is 0 Å². The van der Waals surface area contributed by atoms with E-state index in [0.29, 0.717) is 6.54 Å². The molecule has 20 heavy (non-hydrogen) atoms. The van der Waals surface area contributed by atoms with E-state index in [1.165, 1.54) is 5.56 Å². The predicted octanol–water partition coefficient (Wildman–Crippen LogP) is 3.00. The third-order valence-corrected chi connectivity index (χ3v) is 3.22. The Balaban J connectivity index is 1.93. The van der Waals surface area contributed by atoms with Crippen LogP contribution in [0.3, 0.4) is 0 Å². The average molecular weight is 270 g/mol. The molecule has 2 aromatic rings. The van der Waals surface area contributed by atoms with Crippen molar-refractivity contribution in [2.45, 2.75) is 32.4 Å². The van der Waals surface area contributed by atoms with Crippen LogP contribution in [-0.2, 0) is 6.54 Å². The minimum absolute atomic E-state index is 0.251. The number of aliphatic hydroxyl groups excluding tert-OH is 1. The molecule has 0 spiro atoms. The van der Waals surface area contributed by atoms with Gasteiger partial charge in [0.1, 0.15) is 0 Å². The Kier molecular flexibility index (Phi) is 5.71. The van der Waals surface area contributed by atoms with Crippen LogP contribution in [0.25, 0.3) is 11.3 Å². The Hall–Kier alpha value is -1.71. The molecule has 1 heterocycles. The number of hydrogen-bond acceptors (Lipinski definition) is 3. The van der Waals surface area contributed by atoms with Gasteiger partial charge >= 0.3 is 0 Å². The van der Waals surface area contributed by atoms with Gasteiger partial charge in [-0.2, -0.15) is 0 Å². The molecule has 2 rings (SSSR count). The van der Waals surface area contributed by atoms with Crippen molar-refractivity contribution >= 4 is 0 Å². The van der Waals surface area contributed by atoms with Gasteiger partial charge in [0.15, 0.2) is 0 Å². The first-order chi connectivity index (χ1) is 9.79. The zero-order chi connectivity index (χ0) is 14.2. The number of rotatable bonds is 7. The molecule has 2 N–H and O–H groups in total. The maximum Gasteiger partial charge on any atom is 0.0702 e. The van der Waals surface area contributed by atoms with Gasteiger partial charge in [-0.05, 0) is 30.2 Å². The van der Waals surface area contributed by atoms with Crippen LogP contribution < -0.4 is 5.32 Å². The van der Waals surface area contributed by atoms with Crippen LogP contribution in [0.4, 0.5) is 0 Å². The molecular weight excluding hydrogens is 248 g/mol. The molecule has 3 heteroatoms. The lowest BCUT2D eigenvalue weighted by Crippen LogP contribution is -2.26. The standard InChI is InChI=1S/C17H22N2O/c1-2-6-16(20)13-18-12-14-7-5-8-15(11-14)17-9-3-4-10-19-17/h3-5,7-11,16,18,20H,2,6,12-13H2,1H3. The van der Waals surface area contributed by atoms with Crippen LogP contribution in [0.1, 0.15) is 25.3 Å². The van der Waals surface area contributed by atoms with Gasteiger partial charge in [0.2, 0.25) is 0 Å². The molecule has 0 amide bonds. The van der Waals surface area contributed by atoms with Crippen molar-refractivity contribution in [2.24, 2.45) is 0 Å². The Morgan fingerprint density at radius 1 is 1.20 bits per heavy atom. The molecule has 1 unspecified atom stereocenters. The quantitative estimate of drug-likeness (QED) is 0.813. The van der Waals surface area contributed by atoms with Gasteiger partial charge in [-0.15, -0.1) is 0 Å². The van der Waals surface area contributed by atoms with E-state index in [-0.39, 0.29) is 6.10 Å². The summed E-state index contributed by atoms with van der Waals surface area (Å²) < 4.78 is 0. The minimum Gasteiger partial charge on any atom is -0.392 e. The Labute approximate surface area is 120 Å². The van der Waals surface area contributed by atoms with E-state index in [2.05, 4.69) is 35.4 Å². The van der Waals surface area contributed by atoms with Crippen molar-refractivity contribution in [2.75, 3.05) is 6.54 Å². The molecule has 0 aliphatic carbocycles. The summed E-state index contributed by atoms with van der Waals surface area (Å²) >= 11 is 0. The highest BCUT2D eigenvalue weighted by Gasteiger charge is 2.03. The Morgan fingerprint density at radius 2 is 2.10 bits per heavy atom. The molecule has 3 nitrogen and oxygen atoms in total. The van der Waals surface area contributed by atoms with E-state index in [4.69, 9.17) is 0 Å². The average Bonchev–Trinajstić information content (AvgIpc) is 2.49. The normalized spacial score (nSPS) is 12.3. The topological polar surface area (TPSA) is 45.1 Å². The monoisotopic (exact) mass is 270 g/mol. The highest BCUT2D eigenvalue weighted by atomic mass is 16.3. The molecular formula is C17H22N2O. The highest BCUT2D eigenvalue weighted by molar-refractivity contribution is 5.59. The fourth-order valence-corrected chi connectivity index (χ4v) is 2.19. The van der Waals surface area contributed by atoms with Crippen molar-refractivity contribution in [3.8, 4) is 11.3 Å². The molecule has 0 saturated carbocycles. The van der Waals surface area contributed by atoms with E-state index >= 15 is 0 Å². The number of benzene rings is 1. The van der Waals surface area contributed by atoms with E-state index in [1.54, 1.807) is 6.20 Å². The predicted molar refractivity (Wildman–Crippen MR) is 82.3 cm³/mol. The fourth-order valence-electron chi connectivity index (χ4n) is 2.19. The third kappa shape index (κ3) is 4.44. The smallest absolute Gasteiger partial charge is 0.0702 e. The zero-order valence-corrected chi connectivity index (χ0v) is 11.9. The lowest BCUT2D eigenvalue weighted by molar-refractivity contribution is 0.160. The molecule has 0 aliphatic heterocycles. The second kappa shape index (κ2) is 7.78. The van der Waals surface area contributed by atoms with Gasteiger partial charge < -0.3 is 10.4 Å². The van der Waals surface area contributed by atoms with Gasteiger partial charge in [0.25, 0.3) is 0 Å². The summed E-state index contributed by atoms with van der Waals surface area (Å²) in [6.45, 7) is 3.49. The lowest BCUT2D eigenvalue weighted by Gasteiger charge is -2.11. The number of hydrogen-bond donors (Lipinski definition) is 2. The number of nitrogens with one attached hydrogen (secondary N) is 1. The second-order valence-electron chi connectivity index (χ2n) is 4.99. The molecule has 1 aromatic heterocycles. The number of nitrogens with zero attached hydrogens (tertiary/aromatic N) is 1. The van der Waals surface area contributed by atoms with E-state index in [9.17, 15) is 5.11 Å². The Bertz CT molecular complexity index is 513. The summed E-state index contributed by atoms with van der Waals surface area (Å²) in [6.07, 6.45) is 3.42. The molecule has 0 saturated heterocycles. The largest absolute Gasteiger partial charge is 0.392 e. The molecule has 0 radical (unpaired) electrons. The van der Waals surface area contributed by atoms with Gasteiger partial charge in [0.05, 0.1) is 11.8 Å². The molecule has 1 aromatic carbocycles. The summed E-state index contributed by atoms with van der Waals surface area (Å²) in [7, 11) is 0. The van der Waals surface area contributed by atoms with E-state index in [0.717, 1.165) is 30.6 Å². The minimum atomic E-state index is -0.251. The van der Waals surface area contributed by atoms with Crippen molar-refractivity contribution < 1.29 is 5.11 Å². The molecule has 0 bridgehead atoms. The van der Waals surface area contributed by atoms with Crippen molar-refractivity contribution in [1.82, 2.24) is 10.3 Å². The molecule has 0 aliphatic rings. The van der Waals surface area contributed by atoms with Crippen molar-refractivity contribution in [3.05, 3.63) is 54.2 Å². The SMILES string of the molecule is CCCC(O)CNCc1cccc(-c2ccccn2)c1. The van der Waals surface area contributed by atoms with Gasteiger partial charge in [0, 0.05) is 24.8 Å². The first-order valence-corrected chi connectivity index (χ1v) is 7.18. The first-order valence-electron chi connectivity index (χ1n) is 7.18. The maximum absolute atomic E-state index is 9.69. The maximum atomic E-state index is 9.69. The van der Waals surface area contributed by atoms with Crippen LogP contribution in [0.5, 0.6) is 0 Å². The fraction of sp³-hybridized carbons (Fsp3) is 0.353. The van der Waals surface area contributed by atoms with E-state index in [1.807, 2.05) is 24.3 Å². The molecule has 1 atom stereocenters. The number of pyridine rings is 1. The van der Waals surface area contributed by atoms with Gasteiger partial charge in [-0.3, -0.25) is 4.98 Å². The Morgan fingerprint density at radius 3 is 2.85 bits per heavy atom. The zero-order valence-electron chi connectivity index (χ0n) is 11.9. The van der Waals surface area contributed by atoms with Crippen LogP contribution >= 0.6 is 0 Å². The molecule has 106 valence electrons. The van der Waals surface area contributed by atoms with Gasteiger partial charge in [-0.25, -0.2) is 0 Å². The summed E-state index contributed by atoms with van der Waals surface area (Å²) in [4.78, 5) is 4.36.